The van der Waals surface area contributed by atoms with Crippen LogP contribution in [-0.4, -0.2) is 75.3 Å². The Morgan fingerprint density at radius 3 is 2.38 bits per heavy atom. The number of carbonyl (C=O) groups is 1. The van der Waals surface area contributed by atoms with Crippen molar-refractivity contribution < 1.29 is 28.5 Å². The largest absolute Gasteiger partial charge is 0.496 e. The van der Waals surface area contributed by atoms with Crippen molar-refractivity contribution in [1.82, 2.24) is 9.80 Å². The first-order valence-electron chi connectivity index (χ1n) is 10.1. The fourth-order valence-corrected chi connectivity index (χ4v) is 5.05. The Morgan fingerprint density at radius 2 is 1.76 bits per heavy atom. The molecule has 0 bridgehead atoms. The van der Waals surface area contributed by atoms with Gasteiger partial charge in [0.05, 0.1) is 46.6 Å². The van der Waals surface area contributed by atoms with E-state index in [1.165, 1.54) is 0 Å². The van der Waals surface area contributed by atoms with E-state index in [0.717, 1.165) is 34.6 Å². The fraction of sp³-hybridized carbons (Fsp3) is 0.667. The van der Waals surface area contributed by atoms with Crippen LogP contribution in [0.1, 0.15) is 36.6 Å². The molecule has 1 amide bonds. The van der Waals surface area contributed by atoms with Crippen molar-refractivity contribution in [3.8, 4) is 17.2 Å². The molecule has 3 heterocycles. The first-order chi connectivity index (χ1) is 13.9. The molecule has 160 valence electrons. The first-order valence-corrected chi connectivity index (χ1v) is 10.1. The molecule has 3 aliphatic rings. The second-order valence-corrected chi connectivity index (χ2v) is 8.06. The summed E-state index contributed by atoms with van der Waals surface area (Å²) in [4.78, 5) is 16.7. The van der Waals surface area contributed by atoms with Gasteiger partial charge in [-0.2, -0.15) is 0 Å². The lowest BCUT2D eigenvalue weighted by Crippen LogP contribution is -2.60. The lowest BCUT2D eigenvalue weighted by Gasteiger charge is -2.47. The van der Waals surface area contributed by atoms with Gasteiger partial charge in [-0.3, -0.25) is 4.90 Å². The number of nitrogens with zero attached hydrogens (tertiary/aromatic N) is 2. The molecule has 0 aromatic heterocycles. The molecule has 0 spiro atoms. The van der Waals surface area contributed by atoms with Crippen molar-refractivity contribution in [2.45, 2.75) is 51.6 Å². The predicted octanol–water partition coefficient (Wildman–Crippen LogP) is 2.51. The average molecular weight is 406 g/mol. The maximum absolute atomic E-state index is 12.5. The zero-order chi connectivity index (χ0) is 20.9. The van der Waals surface area contributed by atoms with Crippen LogP contribution < -0.4 is 14.2 Å². The van der Waals surface area contributed by atoms with Crippen LogP contribution in [0.3, 0.4) is 0 Å². The number of amides is 1. The quantitative estimate of drug-likeness (QED) is 0.761. The Labute approximate surface area is 171 Å². The van der Waals surface area contributed by atoms with Crippen LogP contribution in [0.5, 0.6) is 17.2 Å². The molecule has 8 heteroatoms. The molecule has 0 N–H and O–H groups in total. The number of rotatable bonds is 4. The smallest absolute Gasteiger partial charge is 0.410 e. The minimum atomic E-state index is -0.284. The van der Waals surface area contributed by atoms with Crippen LogP contribution in [-0.2, 0) is 15.9 Å². The highest BCUT2D eigenvalue weighted by Gasteiger charge is 2.51. The highest BCUT2D eigenvalue weighted by Crippen LogP contribution is 2.53. The molecule has 29 heavy (non-hydrogen) atoms. The van der Waals surface area contributed by atoms with Gasteiger partial charge in [0, 0.05) is 29.3 Å². The molecule has 1 aromatic carbocycles. The van der Waals surface area contributed by atoms with E-state index in [4.69, 9.17) is 23.7 Å². The van der Waals surface area contributed by atoms with Crippen LogP contribution in [0.2, 0.25) is 0 Å². The van der Waals surface area contributed by atoms with Crippen molar-refractivity contribution in [2.24, 2.45) is 0 Å². The molecule has 0 unspecified atom stereocenters. The molecule has 8 nitrogen and oxygen atoms in total. The van der Waals surface area contributed by atoms with Crippen LogP contribution in [0, 0.1) is 6.92 Å². The van der Waals surface area contributed by atoms with Gasteiger partial charge < -0.3 is 28.6 Å². The van der Waals surface area contributed by atoms with Gasteiger partial charge in [0.25, 0.3) is 0 Å². The summed E-state index contributed by atoms with van der Waals surface area (Å²) in [5.74, 6) is 2.27. The number of hydrogen-bond acceptors (Lipinski definition) is 7. The van der Waals surface area contributed by atoms with Gasteiger partial charge in [0.15, 0.2) is 11.5 Å². The molecule has 3 atom stereocenters. The van der Waals surface area contributed by atoms with Gasteiger partial charge >= 0.3 is 6.09 Å². The van der Waals surface area contributed by atoms with Gasteiger partial charge in [-0.1, -0.05) is 0 Å². The second-order valence-electron chi connectivity index (χ2n) is 8.06. The van der Waals surface area contributed by atoms with E-state index in [2.05, 4.69) is 4.90 Å². The van der Waals surface area contributed by atoms with Crippen LogP contribution >= 0.6 is 0 Å². The highest BCUT2D eigenvalue weighted by molar-refractivity contribution is 5.69. The van der Waals surface area contributed by atoms with Gasteiger partial charge in [0.1, 0.15) is 12.0 Å². The molecule has 1 aromatic rings. The SMILES string of the molecule is COc1c(C)c(OC)c(OC)c2c1C[C@H]1CN(C(=O)OC(C)C)C[C@H]3OC[C@@H]2N13. The van der Waals surface area contributed by atoms with Crippen molar-refractivity contribution in [3.63, 3.8) is 0 Å². The van der Waals surface area contributed by atoms with Crippen LogP contribution in [0.15, 0.2) is 0 Å². The lowest BCUT2D eigenvalue weighted by molar-refractivity contribution is -0.0631. The summed E-state index contributed by atoms with van der Waals surface area (Å²) in [6.07, 6.45) is 0.147. The van der Waals surface area contributed by atoms with Gasteiger partial charge in [-0.05, 0) is 27.2 Å². The molecular formula is C21H30N2O6. The topological polar surface area (TPSA) is 69.7 Å². The Bertz CT molecular complexity index is 811. The summed E-state index contributed by atoms with van der Waals surface area (Å²) < 4.78 is 28.8. The molecule has 2 fully saturated rings. The minimum absolute atomic E-state index is 0.0374. The number of piperazine rings is 1. The van der Waals surface area contributed by atoms with E-state index in [9.17, 15) is 4.79 Å². The van der Waals surface area contributed by atoms with E-state index >= 15 is 0 Å². The third-order valence-corrected chi connectivity index (χ3v) is 6.08. The molecule has 0 aliphatic carbocycles. The van der Waals surface area contributed by atoms with Gasteiger partial charge in [0.2, 0.25) is 0 Å². The number of methoxy groups -OCH3 is 3. The Balaban J connectivity index is 1.76. The Kier molecular flexibility index (Phi) is 5.25. The third-order valence-electron chi connectivity index (χ3n) is 6.08. The maximum atomic E-state index is 12.5. The number of fused-ring (bicyclic) bond motifs is 2. The molecule has 2 saturated heterocycles. The van der Waals surface area contributed by atoms with Crippen molar-refractivity contribution in [1.29, 1.82) is 0 Å². The summed E-state index contributed by atoms with van der Waals surface area (Å²) in [6.45, 7) is 7.33. The van der Waals surface area contributed by atoms with E-state index in [1.54, 1.807) is 26.2 Å². The lowest BCUT2D eigenvalue weighted by atomic mass is 9.84. The van der Waals surface area contributed by atoms with E-state index in [1.807, 2.05) is 20.8 Å². The Hall–Kier alpha value is -2.19. The first kappa shape index (κ1) is 20.1. The normalized spacial score (nSPS) is 25.5. The zero-order valence-electron chi connectivity index (χ0n) is 18.0. The van der Waals surface area contributed by atoms with Crippen molar-refractivity contribution in [3.05, 3.63) is 16.7 Å². The molecule has 0 radical (unpaired) electrons. The van der Waals surface area contributed by atoms with E-state index in [0.29, 0.717) is 25.4 Å². The summed E-state index contributed by atoms with van der Waals surface area (Å²) in [6, 6.07) is 0.162. The summed E-state index contributed by atoms with van der Waals surface area (Å²) in [5, 5.41) is 0. The standard InChI is InChI=1S/C21H30N2O6/c1-11(2)29-21(24)22-8-13-7-14-17(15-10-28-16(9-22)23(13)15)20(27-6)19(26-5)12(3)18(14)25-4/h11,13,15-16H,7-10H2,1-6H3/t13-,15-,16+/m0/s1. The predicted molar refractivity (Wildman–Crippen MR) is 106 cm³/mol. The van der Waals surface area contributed by atoms with Crippen LogP contribution in [0.25, 0.3) is 0 Å². The van der Waals surface area contributed by atoms with E-state index < -0.39 is 0 Å². The van der Waals surface area contributed by atoms with Crippen LogP contribution in [0.4, 0.5) is 4.79 Å². The zero-order valence-corrected chi connectivity index (χ0v) is 18.0. The monoisotopic (exact) mass is 406 g/mol. The molecule has 0 saturated carbocycles. The summed E-state index contributed by atoms with van der Waals surface area (Å²) in [7, 11) is 5.00. The number of ether oxygens (including phenoxy) is 5. The minimum Gasteiger partial charge on any atom is -0.496 e. The Morgan fingerprint density at radius 1 is 1.07 bits per heavy atom. The van der Waals surface area contributed by atoms with Gasteiger partial charge in [-0.15, -0.1) is 0 Å². The van der Waals surface area contributed by atoms with E-state index in [-0.39, 0.29) is 30.5 Å². The third kappa shape index (κ3) is 3.09. The maximum Gasteiger partial charge on any atom is 0.410 e. The average Bonchev–Trinajstić information content (AvgIpc) is 3.11. The highest BCUT2D eigenvalue weighted by atomic mass is 16.6. The number of hydrogen-bond donors (Lipinski definition) is 0. The summed E-state index contributed by atoms with van der Waals surface area (Å²) in [5.41, 5.74) is 3.10. The van der Waals surface area contributed by atoms with Crippen molar-refractivity contribution >= 4 is 6.09 Å². The second kappa shape index (κ2) is 7.57. The molecular weight excluding hydrogens is 376 g/mol. The fourth-order valence-electron chi connectivity index (χ4n) is 5.05. The number of carbonyl (C=O) groups excluding carboxylic acids is 1. The molecule has 3 aliphatic heterocycles. The number of benzene rings is 1. The summed E-state index contributed by atoms with van der Waals surface area (Å²) >= 11 is 0. The molecule has 4 rings (SSSR count). The van der Waals surface area contributed by atoms with Gasteiger partial charge in [-0.25, -0.2) is 4.79 Å². The van der Waals surface area contributed by atoms with Crippen molar-refractivity contribution in [2.75, 3.05) is 41.0 Å².